The Morgan fingerprint density at radius 3 is 2.57 bits per heavy atom. The van der Waals surface area contributed by atoms with E-state index in [1.54, 1.807) is 62.4 Å². The number of carbonyl (C=O) groups excluding carboxylic acids is 1. The van der Waals surface area contributed by atoms with Crippen LogP contribution in [0.4, 0.5) is 9.18 Å². The minimum atomic E-state index is -3.90. The van der Waals surface area contributed by atoms with Crippen molar-refractivity contribution in [2.75, 3.05) is 19.9 Å². The van der Waals surface area contributed by atoms with Crippen molar-refractivity contribution < 1.29 is 50.5 Å². The van der Waals surface area contributed by atoms with Gasteiger partial charge in [-0.25, -0.2) is 17.6 Å². The smallest absolute Gasteiger partial charge is 0.415 e. The molecule has 1 amide bonds. The summed E-state index contributed by atoms with van der Waals surface area (Å²) in [7, 11) is -3.90. The largest absolute Gasteiger partial charge is 0.489 e. The third kappa shape index (κ3) is 7.99. The van der Waals surface area contributed by atoms with E-state index >= 15 is 0 Å². The van der Waals surface area contributed by atoms with Crippen molar-refractivity contribution in [1.82, 2.24) is 10.2 Å². The van der Waals surface area contributed by atoms with Crippen LogP contribution in [0.5, 0.6) is 23.0 Å². The van der Waals surface area contributed by atoms with Gasteiger partial charge in [0.25, 0.3) is 0 Å². The molecule has 1 aliphatic rings. The van der Waals surface area contributed by atoms with Crippen molar-refractivity contribution in [2.45, 2.75) is 43.4 Å². The summed E-state index contributed by atoms with van der Waals surface area (Å²) in [5.74, 6) is 0.952. The number of aliphatic hydroxyl groups is 1. The molecule has 14 heteroatoms. The molecule has 0 radical (unpaired) electrons. The van der Waals surface area contributed by atoms with E-state index in [1.807, 2.05) is 0 Å². The lowest BCUT2D eigenvalue weighted by molar-refractivity contribution is 0.0957. The zero-order valence-electron chi connectivity index (χ0n) is 26.7. The number of ether oxygens (including phenoxy) is 4. The first-order valence-electron chi connectivity index (χ1n) is 15.5. The van der Waals surface area contributed by atoms with E-state index in [0.29, 0.717) is 33.8 Å². The molecule has 0 saturated carbocycles. The van der Waals surface area contributed by atoms with E-state index in [0.717, 1.165) is 0 Å². The van der Waals surface area contributed by atoms with Gasteiger partial charge in [-0.2, -0.15) is 0 Å². The quantitative estimate of drug-likeness (QED) is 0.144. The first-order chi connectivity index (χ1) is 23.6. The SMILES string of the molecule is CC(C)[C@@H](NC[C@@H](O)CN(Cc1ccc(OCc2cccc(F)c2)cc1)C(=O)Oc1coc2occc12)S(=O)(=O)c1ccc2c(c1)OCO2. The zero-order chi connectivity index (χ0) is 34.5. The van der Waals surface area contributed by atoms with Crippen LogP contribution in [0.1, 0.15) is 25.0 Å². The van der Waals surface area contributed by atoms with Crippen LogP contribution >= 0.6 is 0 Å². The molecule has 0 spiro atoms. The third-order valence-corrected chi connectivity index (χ3v) is 10.1. The van der Waals surface area contributed by atoms with Crippen molar-refractivity contribution in [3.05, 3.63) is 102 Å². The fraction of sp³-hybridized carbons (Fsp3) is 0.286. The molecule has 3 aromatic carbocycles. The van der Waals surface area contributed by atoms with Crippen LogP contribution in [0.15, 0.2) is 99.1 Å². The van der Waals surface area contributed by atoms with Gasteiger partial charge >= 0.3 is 11.9 Å². The summed E-state index contributed by atoms with van der Waals surface area (Å²) < 4.78 is 73.3. The second-order valence-corrected chi connectivity index (χ2v) is 13.9. The Morgan fingerprint density at radius 1 is 1.00 bits per heavy atom. The first-order valence-corrected chi connectivity index (χ1v) is 17.0. The van der Waals surface area contributed by atoms with E-state index in [9.17, 15) is 22.7 Å². The number of furan rings is 2. The van der Waals surface area contributed by atoms with Gasteiger partial charge in [0.1, 0.15) is 35.2 Å². The molecule has 0 aliphatic carbocycles. The Labute approximate surface area is 281 Å². The molecule has 2 aromatic heterocycles. The standard InChI is InChI=1S/C35H35FN2O10S/c1-22(2)33(49(41,42)28-10-11-30-31(15-28)47-21-46-30)37-16-26(39)18-38(35(40)48-32-20-45-34-29(32)12-13-43-34)17-23-6-8-27(9-7-23)44-19-24-4-3-5-25(36)14-24/h3-15,20,22,26,33,37,39H,16-19,21H2,1-2H3/t26-,33+/m1/s1. The highest BCUT2D eigenvalue weighted by Gasteiger charge is 2.32. The van der Waals surface area contributed by atoms with Crippen LogP contribution in [0.2, 0.25) is 0 Å². The second kappa shape index (κ2) is 14.6. The Balaban J connectivity index is 1.14. The van der Waals surface area contributed by atoms with E-state index in [4.69, 9.17) is 27.8 Å². The molecule has 0 bridgehead atoms. The summed E-state index contributed by atoms with van der Waals surface area (Å²) in [5.41, 5.74) is 1.37. The number of nitrogens with one attached hydrogen (secondary N) is 1. The van der Waals surface area contributed by atoms with Crippen molar-refractivity contribution in [1.29, 1.82) is 0 Å². The number of aliphatic hydroxyl groups excluding tert-OH is 1. The Hall–Kier alpha value is -5.05. The summed E-state index contributed by atoms with van der Waals surface area (Å²) in [5, 5.41) is 13.5. The fourth-order valence-electron chi connectivity index (χ4n) is 5.36. The molecule has 2 N–H and O–H groups in total. The molecule has 5 aromatic rings. The van der Waals surface area contributed by atoms with Crippen molar-refractivity contribution in [2.24, 2.45) is 5.92 Å². The van der Waals surface area contributed by atoms with Crippen molar-refractivity contribution in [3.63, 3.8) is 0 Å². The van der Waals surface area contributed by atoms with Crippen LogP contribution < -0.4 is 24.3 Å². The molecule has 6 rings (SSSR count). The highest BCUT2D eigenvalue weighted by atomic mass is 32.2. The van der Waals surface area contributed by atoms with E-state index < -0.39 is 27.4 Å². The van der Waals surface area contributed by atoms with Gasteiger partial charge in [0.05, 0.1) is 23.8 Å². The number of benzene rings is 3. The number of halogens is 1. The lowest BCUT2D eigenvalue weighted by atomic mass is 10.2. The van der Waals surface area contributed by atoms with Crippen LogP contribution in [0.25, 0.3) is 11.2 Å². The fourth-order valence-corrected chi connectivity index (χ4v) is 7.22. The lowest BCUT2D eigenvalue weighted by Crippen LogP contribution is -2.47. The summed E-state index contributed by atoms with van der Waals surface area (Å²) >= 11 is 0. The van der Waals surface area contributed by atoms with Crippen LogP contribution in [0, 0.1) is 11.7 Å². The average molecular weight is 695 g/mol. The number of hydrogen-bond donors (Lipinski definition) is 2. The molecule has 0 saturated heterocycles. The van der Waals surface area contributed by atoms with E-state index in [-0.39, 0.29) is 61.2 Å². The maximum atomic E-state index is 13.6. The van der Waals surface area contributed by atoms with Gasteiger partial charge in [0, 0.05) is 19.2 Å². The Bertz CT molecular complexity index is 2010. The summed E-state index contributed by atoms with van der Waals surface area (Å²) in [4.78, 5) is 14.8. The third-order valence-electron chi connectivity index (χ3n) is 7.81. The molecule has 49 heavy (non-hydrogen) atoms. The molecular formula is C35H35FN2O10S. The molecular weight excluding hydrogens is 659 g/mol. The molecule has 0 fully saturated rings. The summed E-state index contributed by atoms with van der Waals surface area (Å²) in [6, 6.07) is 19.1. The first kappa shape index (κ1) is 33.8. The monoisotopic (exact) mass is 694 g/mol. The number of fused-ring (bicyclic) bond motifs is 2. The normalized spacial score (nSPS) is 13.8. The van der Waals surface area contributed by atoms with Crippen molar-refractivity contribution in [3.8, 4) is 23.0 Å². The van der Waals surface area contributed by atoms with Crippen LogP contribution in [-0.2, 0) is 23.0 Å². The predicted molar refractivity (Wildman–Crippen MR) is 174 cm³/mol. The minimum Gasteiger partial charge on any atom is -0.489 e. The number of rotatable bonds is 14. The zero-order valence-corrected chi connectivity index (χ0v) is 27.5. The van der Waals surface area contributed by atoms with Gasteiger partial charge in [0.2, 0.25) is 6.79 Å². The van der Waals surface area contributed by atoms with Gasteiger partial charge in [-0.15, -0.1) is 0 Å². The second-order valence-electron chi connectivity index (χ2n) is 11.8. The molecule has 1 aliphatic heterocycles. The van der Waals surface area contributed by atoms with E-state index in [1.165, 1.54) is 41.7 Å². The average Bonchev–Trinajstić information content (AvgIpc) is 3.83. The number of nitrogens with zero attached hydrogens (tertiary/aromatic N) is 1. The summed E-state index contributed by atoms with van der Waals surface area (Å²) in [6.07, 6.45) is 0.691. The van der Waals surface area contributed by atoms with Gasteiger partial charge < -0.3 is 37.8 Å². The predicted octanol–water partition coefficient (Wildman–Crippen LogP) is 5.88. The summed E-state index contributed by atoms with van der Waals surface area (Å²) in [6.45, 7) is 3.37. The number of amides is 1. The lowest BCUT2D eigenvalue weighted by Gasteiger charge is -2.27. The van der Waals surface area contributed by atoms with Gasteiger partial charge in [-0.3, -0.25) is 5.32 Å². The number of carbonyl (C=O) groups is 1. The molecule has 3 heterocycles. The van der Waals surface area contributed by atoms with Crippen LogP contribution in [0.3, 0.4) is 0 Å². The van der Waals surface area contributed by atoms with Gasteiger partial charge in [-0.05, 0) is 59.5 Å². The molecule has 2 atom stereocenters. The van der Waals surface area contributed by atoms with Crippen LogP contribution in [-0.4, -0.2) is 55.9 Å². The minimum absolute atomic E-state index is 0.0118. The highest BCUT2D eigenvalue weighted by Crippen LogP contribution is 2.35. The van der Waals surface area contributed by atoms with Crippen molar-refractivity contribution >= 4 is 27.1 Å². The maximum absolute atomic E-state index is 13.6. The Morgan fingerprint density at radius 2 is 1.80 bits per heavy atom. The molecule has 0 unspecified atom stereocenters. The van der Waals surface area contributed by atoms with Gasteiger partial charge in [0.15, 0.2) is 27.1 Å². The topological polar surface area (TPSA) is 150 Å². The Kier molecular flexibility index (Phi) is 10.1. The maximum Gasteiger partial charge on any atom is 0.415 e. The molecule has 258 valence electrons. The molecule has 12 nitrogen and oxygen atoms in total. The van der Waals surface area contributed by atoms with Gasteiger partial charge in [-0.1, -0.05) is 38.1 Å². The van der Waals surface area contributed by atoms with E-state index in [2.05, 4.69) is 5.32 Å². The highest BCUT2D eigenvalue weighted by molar-refractivity contribution is 7.92. The number of sulfone groups is 1. The number of hydrogen-bond acceptors (Lipinski definition) is 11.